The minimum absolute atomic E-state index is 0.0145. The number of rotatable bonds is 5. The molecule has 5 rings (SSSR count). The van der Waals surface area contributed by atoms with Crippen molar-refractivity contribution in [3.05, 3.63) is 45.0 Å². The second kappa shape index (κ2) is 8.81. The lowest BCUT2D eigenvalue weighted by Gasteiger charge is -2.36. The quantitative estimate of drug-likeness (QED) is 0.642. The van der Waals surface area contributed by atoms with Crippen LogP contribution in [0.2, 0.25) is 15.1 Å². The number of amides is 2. The van der Waals surface area contributed by atoms with Gasteiger partial charge in [0.15, 0.2) is 5.82 Å². The van der Waals surface area contributed by atoms with Crippen LogP contribution in [0.25, 0.3) is 0 Å². The van der Waals surface area contributed by atoms with E-state index in [2.05, 4.69) is 20.6 Å². The SMILES string of the molecule is C[C@@H](Nc1nc(N2CCN(C(=O)[C@@H]3NC(=O)[C@@H]4C[C@@H]43)CC2)ncc1Cl)c1ccc(Cl)cc1Cl. The fraction of sp³-hybridized carbons (Fsp3) is 0.455. The maximum Gasteiger partial charge on any atom is 0.245 e. The number of aromatic nitrogens is 2. The van der Waals surface area contributed by atoms with Crippen molar-refractivity contribution in [3.8, 4) is 0 Å². The number of fused-ring (bicyclic) bond motifs is 1. The van der Waals surface area contributed by atoms with Gasteiger partial charge in [-0.25, -0.2) is 4.98 Å². The van der Waals surface area contributed by atoms with Crippen LogP contribution < -0.4 is 15.5 Å². The lowest BCUT2D eigenvalue weighted by atomic mass is 10.1. The fourth-order valence-electron chi connectivity index (χ4n) is 4.57. The van der Waals surface area contributed by atoms with Crippen molar-refractivity contribution in [3.63, 3.8) is 0 Å². The van der Waals surface area contributed by atoms with E-state index in [1.807, 2.05) is 22.8 Å². The number of nitrogens with zero attached hydrogens (tertiary/aromatic N) is 4. The maximum absolute atomic E-state index is 12.8. The molecule has 2 N–H and O–H groups in total. The largest absolute Gasteiger partial charge is 0.362 e. The zero-order valence-electron chi connectivity index (χ0n) is 17.9. The molecule has 11 heteroatoms. The van der Waals surface area contributed by atoms with Crippen LogP contribution >= 0.6 is 34.8 Å². The number of carbonyl (C=O) groups excluding carboxylic acids is 2. The summed E-state index contributed by atoms with van der Waals surface area (Å²) in [6, 6.07) is 4.83. The molecule has 1 aromatic carbocycles. The zero-order valence-corrected chi connectivity index (χ0v) is 20.2. The molecule has 33 heavy (non-hydrogen) atoms. The van der Waals surface area contributed by atoms with Gasteiger partial charge in [0.1, 0.15) is 11.1 Å². The second-order valence-corrected chi connectivity index (χ2v) is 9.95. The van der Waals surface area contributed by atoms with E-state index >= 15 is 0 Å². The molecular formula is C22H23Cl3N6O2. The molecule has 2 saturated heterocycles. The Hall–Kier alpha value is -2.29. The van der Waals surface area contributed by atoms with E-state index < -0.39 is 0 Å². The molecule has 2 amide bonds. The molecule has 3 heterocycles. The zero-order chi connectivity index (χ0) is 23.3. The summed E-state index contributed by atoms with van der Waals surface area (Å²) in [4.78, 5) is 37.5. The number of piperazine rings is 1. The van der Waals surface area contributed by atoms with Gasteiger partial charge in [0.05, 0.1) is 12.2 Å². The van der Waals surface area contributed by atoms with Gasteiger partial charge < -0.3 is 20.4 Å². The normalized spacial score (nSPS) is 24.8. The van der Waals surface area contributed by atoms with Crippen LogP contribution in [0.15, 0.2) is 24.4 Å². The number of halogens is 3. The average molecular weight is 510 g/mol. The summed E-state index contributed by atoms with van der Waals surface area (Å²) >= 11 is 18.7. The molecule has 2 aliphatic heterocycles. The van der Waals surface area contributed by atoms with E-state index in [1.54, 1.807) is 18.3 Å². The predicted molar refractivity (Wildman–Crippen MR) is 128 cm³/mol. The molecule has 3 aliphatic rings. The van der Waals surface area contributed by atoms with E-state index in [0.29, 0.717) is 53.0 Å². The Morgan fingerprint density at radius 2 is 1.94 bits per heavy atom. The maximum atomic E-state index is 12.8. The molecule has 2 aromatic rings. The molecule has 0 radical (unpaired) electrons. The van der Waals surface area contributed by atoms with Crippen LogP contribution in [0.1, 0.15) is 24.9 Å². The van der Waals surface area contributed by atoms with Crippen LogP contribution in [0, 0.1) is 11.8 Å². The van der Waals surface area contributed by atoms with Gasteiger partial charge in [-0.2, -0.15) is 4.98 Å². The lowest BCUT2D eigenvalue weighted by Crippen LogP contribution is -2.54. The fourth-order valence-corrected chi connectivity index (χ4v) is 5.28. The Balaban J connectivity index is 1.23. The van der Waals surface area contributed by atoms with Gasteiger partial charge in [-0.15, -0.1) is 0 Å². The van der Waals surface area contributed by atoms with Gasteiger partial charge in [0, 0.05) is 48.1 Å². The highest BCUT2D eigenvalue weighted by Gasteiger charge is 2.57. The molecule has 1 saturated carbocycles. The molecule has 0 bridgehead atoms. The van der Waals surface area contributed by atoms with Crippen molar-refractivity contribution in [1.29, 1.82) is 0 Å². The third kappa shape index (κ3) is 4.44. The van der Waals surface area contributed by atoms with Gasteiger partial charge in [-0.1, -0.05) is 40.9 Å². The highest BCUT2D eigenvalue weighted by atomic mass is 35.5. The Morgan fingerprint density at radius 3 is 2.58 bits per heavy atom. The molecule has 8 nitrogen and oxygen atoms in total. The van der Waals surface area contributed by atoms with Crippen LogP contribution in [0.4, 0.5) is 11.8 Å². The van der Waals surface area contributed by atoms with Gasteiger partial charge >= 0.3 is 0 Å². The minimum atomic E-state index is -0.363. The number of hydrogen-bond acceptors (Lipinski definition) is 6. The van der Waals surface area contributed by atoms with E-state index in [-0.39, 0.29) is 35.7 Å². The number of nitrogens with one attached hydrogen (secondary N) is 2. The number of anilines is 2. The van der Waals surface area contributed by atoms with Gasteiger partial charge in [0.25, 0.3) is 0 Å². The van der Waals surface area contributed by atoms with Crippen molar-refractivity contribution in [2.45, 2.75) is 25.4 Å². The van der Waals surface area contributed by atoms with Gasteiger partial charge in [-0.05, 0) is 31.0 Å². The highest BCUT2D eigenvalue weighted by molar-refractivity contribution is 6.35. The summed E-state index contributed by atoms with van der Waals surface area (Å²) in [5.74, 6) is 1.29. The van der Waals surface area contributed by atoms with E-state index in [0.717, 1.165) is 12.0 Å². The summed E-state index contributed by atoms with van der Waals surface area (Å²) in [5.41, 5.74) is 0.876. The molecule has 1 aromatic heterocycles. The van der Waals surface area contributed by atoms with E-state index in [1.165, 1.54) is 0 Å². The first-order chi connectivity index (χ1) is 15.8. The predicted octanol–water partition coefficient (Wildman–Crippen LogP) is 3.39. The summed E-state index contributed by atoms with van der Waals surface area (Å²) in [5, 5.41) is 7.68. The number of carbonyl (C=O) groups is 2. The number of piperidine rings is 1. The standard InChI is InChI=1S/C22H23Cl3N6O2/c1-11(13-3-2-12(23)8-16(13)24)27-19-17(25)10-26-22(29-19)31-6-4-30(5-7-31)21(33)18-14-9-15(14)20(32)28-18/h2-3,8,10-11,14-15,18H,4-7,9H2,1H3,(H,28,32)(H,26,27,29)/t11-,14+,15-,18-/m1/s1. The molecule has 0 spiro atoms. The van der Waals surface area contributed by atoms with Crippen LogP contribution in [0.3, 0.4) is 0 Å². The van der Waals surface area contributed by atoms with Crippen LogP contribution in [-0.4, -0.2) is 58.9 Å². The van der Waals surface area contributed by atoms with E-state index in [4.69, 9.17) is 34.8 Å². The highest BCUT2D eigenvalue weighted by Crippen LogP contribution is 2.46. The Morgan fingerprint density at radius 1 is 1.18 bits per heavy atom. The summed E-state index contributed by atoms with van der Waals surface area (Å²) in [6.07, 6.45) is 2.40. The third-order valence-corrected chi connectivity index (χ3v) is 7.40. The average Bonchev–Trinajstić information content (AvgIpc) is 3.53. The number of benzene rings is 1. The number of hydrogen-bond donors (Lipinski definition) is 2. The monoisotopic (exact) mass is 508 g/mol. The first kappa shape index (κ1) is 22.5. The van der Waals surface area contributed by atoms with Crippen molar-refractivity contribution in [2.24, 2.45) is 11.8 Å². The van der Waals surface area contributed by atoms with Crippen LogP contribution in [-0.2, 0) is 9.59 Å². The first-order valence-corrected chi connectivity index (χ1v) is 12.0. The minimum Gasteiger partial charge on any atom is -0.362 e. The van der Waals surface area contributed by atoms with Crippen molar-refractivity contribution in [1.82, 2.24) is 20.2 Å². The molecule has 4 atom stereocenters. The van der Waals surface area contributed by atoms with Crippen molar-refractivity contribution >= 4 is 58.4 Å². The molecular weight excluding hydrogens is 487 g/mol. The third-order valence-electron chi connectivity index (χ3n) is 6.56. The van der Waals surface area contributed by atoms with E-state index in [9.17, 15) is 9.59 Å². The van der Waals surface area contributed by atoms with Crippen molar-refractivity contribution in [2.75, 3.05) is 36.4 Å². The smallest absolute Gasteiger partial charge is 0.245 e. The molecule has 174 valence electrons. The molecule has 0 unspecified atom stereocenters. The second-order valence-electron chi connectivity index (χ2n) is 8.70. The lowest BCUT2D eigenvalue weighted by molar-refractivity contribution is -0.135. The summed E-state index contributed by atoms with van der Waals surface area (Å²) in [7, 11) is 0. The molecule has 3 fully saturated rings. The van der Waals surface area contributed by atoms with Crippen LogP contribution in [0.5, 0.6) is 0 Å². The molecule has 1 aliphatic carbocycles. The first-order valence-electron chi connectivity index (χ1n) is 10.9. The Labute approximate surface area is 206 Å². The van der Waals surface area contributed by atoms with Crippen molar-refractivity contribution < 1.29 is 9.59 Å². The summed E-state index contributed by atoms with van der Waals surface area (Å²) < 4.78 is 0. The topological polar surface area (TPSA) is 90.5 Å². The Kier molecular flexibility index (Phi) is 6.01. The summed E-state index contributed by atoms with van der Waals surface area (Å²) in [6.45, 7) is 4.26. The Bertz CT molecular complexity index is 1110. The van der Waals surface area contributed by atoms with Gasteiger partial charge in [-0.3, -0.25) is 9.59 Å². The van der Waals surface area contributed by atoms with Gasteiger partial charge in [0.2, 0.25) is 17.8 Å².